The molecule has 5 heteroatoms. The number of ether oxygens (including phenoxy) is 1. The Balaban J connectivity index is 1.97. The van der Waals surface area contributed by atoms with Gasteiger partial charge in [0.25, 0.3) is 0 Å². The van der Waals surface area contributed by atoms with Crippen molar-refractivity contribution in [2.24, 2.45) is 5.73 Å². The Labute approximate surface area is 142 Å². The van der Waals surface area contributed by atoms with Crippen molar-refractivity contribution in [1.82, 2.24) is 0 Å². The molecule has 1 aromatic carbocycles. The normalized spacial score (nSPS) is 22.4. The van der Waals surface area contributed by atoms with E-state index in [9.17, 15) is 9.90 Å². The van der Waals surface area contributed by atoms with Gasteiger partial charge in [-0.2, -0.15) is 11.8 Å². The molecule has 0 amide bonds. The van der Waals surface area contributed by atoms with Crippen molar-refractivity contribution >= 4 is 17.7 Å². The molecule has 23 heavy (non-hydrogen) atoms. The van der Waals surface area contributed by atoms with Crippen LogP contribution in [0.3, 0.4) is 0 Å². The molecule has 1 aliphatic rings. The molecule has 1 aliphatic carbocycles. The number of hydrogen-bond donors (Lipinski definition) is 2. The molecule has 0 saturated carbocycles. The lowest BCUT2D eigenvalue weighted by atomic mass is 9.69. The Morgan fingerprint density at radius 1 is 1.48 bits per heavy atom. The molecule has 1 aromatic rings. The van der Waals surface area contributed by atoms with E-state index in [1.165, 1.54) is 5.56 Å². The second-order valence-corrected chi connectivity index (χ2v) is 7.96. The number of thioether (sulfide) groups is 1. The Morgan fingerprint density at radius 2 is 2.22 bits per heavy atom. The summed E-state index contributed by atoms with van der Waals surface area (Å²) in [6.45, 7) is 6.55. The number of phenols is 1. The van der Waals surface area contributed by atoms with E-state index in [0.717, 1.165) is 24.2 Å². The van der Waals surface area contributed by atoms with Crippen LogP contribution in [-0.4, -0.2) is 34.7 Å². The molecule has 0 aromatic heterocycles. The van der Waals surface area contributed by atoms with Gasteiger partial charge >= 0.3 is 5.97 Å². The minimum absolute atomic E-state index is 0.0180. The molecule has 2 rings (SSSR count). The van der Waals surface area contributed by atoms with Gasteiger partial charge in [-0.3, -0.25) is 4.79 Å². The molecule has 0 bridgehead atoms. The highest BCUT2D eigenvalue weighted by molar-refractivity contribution is 7.99. The van der Waals surface area contributed by atoms with Gasteiger partial charge in [0.2, 0.25) is 0 Å². The lowest BCUT2D eigenvalue weighted by Gasteiger charge is -2.43. The predicted molar refractivity (Wildman–Crippen MR) is 94.9 cm³/mol. The van der Waals surface area contributed by atoms with Gasteiger partial charge in [-0.1, -0.05) is 19.9 Å². The van der Waals surface area contributed by atoms with E-state index in [1.807, 2.05) is 30.8 Å². The molecule has 0 spiro atoms. The van der Waals surface area contributed by atoms with Crippen LogP contribution in [0.5, 0.6) is 5.75 Å². The molecular formula is C18H27NO3S. The maximum Gasteiger partial charge on any atom is 0.305 e. The summed E-state index contributed by atoms with van der Waals surface area (Å²) < 4.78 is 4.95. The number of fused-ring (bicyclic) bond motifs is 1. The van der Waals surface area contributed by atoms with Crippen LogP contribution in [0, 0.1) is 0 Å². The maximum atomic E-state index is 11.4. The van der Waals surface area contributed by atoms with E-state index >= 15 is 0 Å². The van der Waals surface area contributed by atoms with Crippen LogP contribution in [0.1, 0.15) is 44.7 Å². The quantitative estimate of drug-likeness (QED) is 0.617. The Morgan fingerprint density at radius 3 is 2.91 bits per heavy atom. The summed E-state index contributed by atoms with van der Waals surface area (Å²) in [5.74, 6) is 1.08. The van der Waals surface area contributed by atoms with Crippen LogP contribution in [-0.2, 0) is 21.4 Å². The second-order valence-electron chi connectivity index (χ2n) is 6.61. The topological polar surface area (TPSA) is 72.5 Å². The van der Waals surface area contributed by atoms with Gasteiger partial charge in [0, 0.05) is 23.1 Å². The predicted octanol–water partition coefficient (Wildman–Crippen LogP) is 3.00. The molecule has 0 aliphatic heterocycles. The number of nitrogens with two attached hydrogens (primary N) is 1. The Hall–Kier alpha value is -1.20. The fraction of sp³-hybridized carbons (Fsp3) is 0.611. The third kappa shape index (κ3) is 4.21. The summed E-state index contributed by atoms with van der Waals surface area (Å²) in [6, 6.07) is 5.61. The number of benzene rings is 1. The number of carbonyl (C=O) groups is 1. The lowest BCUT2D eigenvalue weighted by Crippen LogP contribution is -2.52. The van der Waals surface area contributed by atoms with Gasteiger partial charge < -0.3 is 15.6 Å². The first kappa shape index (κ1) is 18.1. The van der Waals surface area contributed by atoms with Crippen molar-refractivity contribution in [2.75, 3.05) is 12.4 Å². The van der Waals surface area contributed by atoms with Crippen LogP contribution in [0.25, 0.3) is 0 Å². The summed E-state index contributed by atoms with van der Waals surface area (Å²) >= 11 is 1.84. The molecule has 0 saturated heterocycles. The fourth-order valence-corrected chi connectivity index (χ4v) is 4.64. The third-order valence-corrected chi connectivity index (χ3v) is 6.02. The molecule has 0 heterocycles. The summed E-state index contributed by atoms with van der Waals surface area (Å²) in [5.41, 5.74) is 8.75. The summed E-state index contributed by atoms with van der Waals surface area (Å²) in [5, 5.41) is 10.1. The maximum absolute atomic E-state index is 11.4. The third-order valence-electron chi connectivity index (χ3n) is 4.61. The number of carbonyl (C=O) groups excluding carboxylic acids is 1. The van der Waals surface area contributed by atoms with Gasteiger partial charge in [-0.15, -0.1) is 0 Å². The zero-order valence-corrected chi connectivity index (χ0v) is 15.0. The molecule has 128 valence electrons. The molecule has 0 unspecified atom stereocenters. The van der Waals surface area contributed by atoms with Gasteiger partial charge in [0.1, 0.15) is 5.75 Å². The largest absolute Gasteiger partial charge is 0.508 e. The highest BCUT2D eigenvalue weighted by Crippen LogP contribution is 2.41. The first-order valence-corrected chi connectivity index (χ1v) is 9.26. The van der Waals surface area contributed by atoms with Gasteiger partial charge in [0.05, 0.1) is 6.61 Å². The van der Waals surface area contributed by atoms with Gasteiger partial charge in [-0.05, 0) is 48.8 Å². The van der Waals surface area contributed by atoms with E-state index in [-0.39, 0.29) is 17.4 Å². The van der Waals surface area contributed by atoms with Crippen LogP contribution in [0.15, 0.2) is 18.2 Å². The number of phenolic OH excluding ortho intramolecular Hbond substituents is 1. The Bertz CT molecular complexity index is 559. The SMILES string of the molecule is CCOC(=O)CCCS[C@@H]1Cc2ccc(O)cc2C(C)(C)[C@H]1N. The fourth-order valence-electron chi connectivity index (χ4n) is 3.18. The van der Waals surface area contributed by atoms with Gasteiger partial charge in [-0.25, -0.2) is 0 Å². The second kappa shape index (κ2) is 7.58. The van der Waals surface area contributed by atoms with Crippen LogP contribution < -0.4 is 5.73 Å². The van der Waals surface area contributed by atoms with E-state index in [4.69, 9.17) is 10.5 Å². The summed E-state index contributed by atoms with van der Waals surface area (Å²) in [7, 11) is 0. The first-order chi connectivity index (χ1) is 10.9. The van der Waals surface area contributed by atoms with Crippen molar-refractivity contribution in [2.45, 2.75) is 56.7 Å². The molecule has 0 fully saturated rings. The van der Waals surface area contributed by atoms with Gasteiger partial charge in [0.15, 0.2) is 0 Å². The number of aromatic hydroxyl groups is 1. The van der Waals surface area contributed by atoms with Crippen LogP contribution >= 0.6 is 11.8 Å². The number of rotatable bonds is 6. The van der Waals surface area contributed by atoms with Crippen molar-refractivity contribution in [3.8, 4) is 5.75 Å². The van der Waals surface area contributed by atoms with E-state index in [0.29, 0.717) is 24.0 Å². The minimum Gasteiger partial charge on any atom is -0.508 e. The van der Waals surface area contributed by atoms with Crippen molar-refractivity contribution in [1.29, 1.82) is 0 Å². The lowest BCUT2D eigenvalue weighted by molar-refractivity contribution is -0.143. The highest BCUT2D eigenvalue weighted by Gasteiger charge is 2.40. The Kier molecular flexibility index (Phi) is 5.98. The number of esters is 1. The van der Waals surface area contributed by atoms with Crippen LogP contribution in [0.2, 0.25) is 0 Å². The summed E-state index contributed by atoms with van der Waals surface area (Å²) in [6.07, 6.45) is 2.19. The molecule has 0 radical (unpaired) electrons. The van der Waals surface area contributed by atoms with Crippen molar-refractivity contribution < 1.29 is 14.6 Å². The monoisotopic (exact) mass is 337 g/mol. The van der Waals surface area contributed by atoms with Crippen LogP contribution in [0.4, 0.5) is 0 Å². The molecule has 4 nitrogen and oxygen atoms in total. The number of hydrogen-bond acceptors (Lipinski definition) is 5. The zero-order valence-electron chi connectivity index (χ0n) is 14.2. The van der Waals surface area contributed by atoms with Crippen molar-refractivity contribution in [3.05, 3.63) is 29.3 Å². The zero-order chi connectivity index (χ0) is 17.0. The standard InChI is InChI=1S/C18H27NO3S/c1-4-22-16(21)6-5-9-23-15-10-12-7-8-13(20)11-14(12)18(2,3)17(15)19/h7-8,11,15,17,20H,4-6,9-10,19H2,1-3H3/t15-,17+/m1/s1. The average Bonchev–Trinajstić information content (AvgIpc) is 2.50. The summed E-state index contributed by atoms with van der Waals surface area (Å²) in [4.78, 5) is 11.4. The van der Waals surface area contributed by atoms with E-state index in [1.54, 1.807) is 6.07 Å². The van der Waals surface area contributed by atoms with E-state index in [2.05, 4.69) is 13.8 Å². The molecular weight excluding hydrogens is 310 g/mol. The van der Waals surface area contributed by atoms with E-state index < -0.39 is 0 Å². The minimum atomic E-state index is -0.175. The highest BCUT2D eigenvalue weighted by atomic mass is 32.2. The van der Waals surface area contributed by atoms with Crippen molar-refractivity contribution in [3.63, 3.8) is 0 Å². The molecule has 2 atom stereocenters. The average molecular weight is 337 g/mol. The first-order valence-electron chi connectivity index (χ1n) is 8.21. The molecule has 3 N–H and O–H groups in total. The smallest absolute Gasteiger partial charge is 0.305 e.